The monoisotopic (exact) mass is 593 g/mol. The van der Waals surface area contributed by atoms with Crippen LogP contribution in [0.4, 0.5) is 74.6 Å². The lowest BCUT2D eigenvalue weighted by Gasteiger charge is -2.42. The largest absolute Gasteiger partial charge is 0.544 e. The number of aliphatic carboxylic acids is 1. The number of hydrogen-bond donors (Lipinski definition) is 0. The van der Waals surface area contributed by atoms with E-state index < -0.39 is 53.6 Å². The molecule has 0 radical (unpaired) electrons. The van der Waals surface area contributed by atoms with Crippen LogP contribution in [0.2, 0.25) is 0 Å². The van der Waals surface area contributed by atoms with Crippen LogP contribution in [0.5, 0.6) is 0 Å². The van der Waals surface area contributed by atoms with Crippen LogP contribution in [0, 0.1) is 0 Å². The molecular formula is C17H20F17NO2. The van der Waals surface area contributed by atoms with Gasteiger partial charge in [-0.15, -0.1) is 0 Å². The highest BCUT2D eigenvalue weighted by atomic mass is 19.4. The second-order valence-corrected chi connectivity index (χ2v) is 7.41. The van der Waals surface area contributed by atoms with Crippen molar-refractivity contribution in [2.24, 2.45) is 0 Å². The highest BCUT2D eigenvalue weighted by molar-refractivity contribution is 5.75. The van der Waals surface area contributed by atoms with E-state index in [9.17, 15) is 84.5 Å². The smallest absolute Gasteiger partial charge is 0.460 e. The SMILES string of the molecule is CC[N+](CC)(CC)CC.O=C([O-])C(F)(F)C(F)(F)C(F)(F)C(F)(F)C(F)(F)C(F)(F)C(F)(F)C(F)(F)F. The number of carboxylic acids is 1. The molecule has 20 heteroatoms. The van der Waals surface area contributed by atoms with Gasteiger partial charge in [0, 0.05) is 0 Å². The maximum absolute atomic E-state index is 13.0. The number of carboxylic acid groups (broad SMARTS) is 1. The fourth-order valence-corrected chi connectivity index (χ4v) is 2.63. The van der Waals surface area contributed by atoms with E-state index in [2.05, 4.69) is 27.7 Å². The molecule has 0 aliphatic heterocycles. The van der Waals surface area contributed by atoms with Crippen LogP contribution in [0.1, 0.15) is 27.7 Å². The van der Waals surface area contributed by atoms with Crippen molar-refractivity contribution in [1.29, 1.82) is 0 Å². The molecule has 0 bridgehead atoms. The van der Waals surface area contributed by atoms with Crippen molar-refractivity contribution in [2.45, 2.75) is 75.3 Å². The summed E-state index contributed by atoms with van der Waals surface area (Å²) in [5.74, 6) is -63.5. The molecule has 0 aliphatic carbocycles. The molecule has 0 rings (SSSR count). The minimum Gasteiger partial charge on any atom is -0.544 e. The fraction of sp³-hybridized carbons (Fsp3) is 0.941. The van der Waals surface area contributed by atoms with Crippen LogP contribution in [0.15, 0.2) is 0 Å². The summed E-state index contributed by atoms with van der Waals surface area (Å²) in [7, 11) is 0. The van der Waals surface area contributed by atoms with Gasteiger partial charge < -0.3 is 14.4 Å². The topological polar surface area (TPSA) is 40.1 Å². The molecular weight excluding hydrogens is 573 g/mol. The van der Waals surface area contributed by atoms with Crippen LogP contribution in [0.3, 0.4) is 0 Å². The molecule has 0 unspecified atom stereocenters. The van der Waals surface area contributed by atoms with Gasteiger partial charge in [0.25, 0.3) is 0 Å². The number of halogens is 17. The van der Waals surface area contributed by atoms with Gasteiger partial charge >= 0.3 is 47.6 Å². The molecule has 0 aromatic carbocycles. The predicted octanol–water partition coefficient (Wildman–Crippen LogP) is 5.63. The van der Waals surface area contributed by atoms with Gasteiger partial charge in [-0.25, -0.2) is 0 Å². The molecule has 0 N–H and O–H groups in total. The van der Waals surface area contributed by atoms with Gasteiger partial charge in [-0.3, -0.25) is 0 Å². The molecule has 0 saturated heterocycles. The maximum atomic E-state index is 13.0. The van der Waals surface area contributed by atoms with Crippen LogP contribution in [0.25, 0.3) is 0 Å². The van der Waals surface area contributed by atoms with E-state index in [1.807, 2.05) is 0 Å². The molecule has 0 fully saturated rings. The highest BCUT2D eigenvalue weighted by Gasteiger charge is 2.95. The zero-order chi connectivity index (χ0) is 30.9. The normalized spacial score (nSPS) is 15.3. The van der Waals surface area contributed by atoms with E-state index in [0.717, 1.165) is 0 Å². The van der Waals surface area contributed by atoms with E-state index in [1.54, 1.807) is 0 Å². The molecule has 0 aliphatic rings. The number of quaternary nitrogens is 1. The summed E-state index contributed by atoms with van der Waals surface area (Å²) in [5.41, 5.74) is 0. The molecule has 0 spiro atoms. The number of rotatable bonds is 11. The Morgan fingerprint density at radius 1 is 0.486 bits per heavy atom. The van der Waals surface area contributed by atoms with E-state index in [1.165, 1.54) is 30.7 Å². The van der Waals surface area contributed by atoms with Gasteiger partial charge in [-0.1, -0.05) is 0 Å². The lowest BCUT2D eigenvalue weighted by atomic mass is 9.89. The Morgan fingerprint density at radius 3 is 0.865 bits per heavy atom. The first-order chi connectivity index (χ1) is 15.9. The second-order valence-electron chi connectivity index (χ2n) is 7.41. The first kappa shape index (κ1) is 37.4. The number of hydrogen-bond acceptors (Lipinski definition) is 2. The third kappa shape index (κ3) is 5.67. The predicted molar refractivity (Wildman–Crippen MR) is 88.1 cm³/mol. The van der Waals surface area contributed by atoms with E-state index in [-0.39, 0.29) is 0 Å². The van der Waals surface area contributed by atoms with Crippen molar-refractivity contribution in [1.82, 2.24) is 0 Å². The average Bonchev–Trinajstić information content (AvgIpc) is 2.74. The van der Waals surface area contributed by atoms with Gasteiger partial charge in [0.05, 0.1) is 26.2 Å². The average molecular weight is 593 g/mol. The molecule has 0 atom stereocenters. The van der Waals surface area contributed by atoms with E-state index in [0.29, 0.717) is 0 Å². The van der Waals surface area contributed by atoms with Crippen LogP contribution in [-0.4, -0.2) is 84.3 Å². The first-order valence-electron chi connectivity index (χ1n) is 9.71. The van der Waals surface area contributed by atoms with Crippen molar-refractivity contribution in [3.63, 3.8) is 0 Å². The van der Waals surface area contributed by atoms with Crippen molar-refractivity contribution in [3.8, 4) is 0 Å². The first-order valence-corrected chi connectivity index (χ1v) is 9.71. The summed E-state index contributed by atoms with van der Waals surface area (Å²) in [6.07, 6.45) is -7.84. The van der Waals surface area contributed by atoms with E-state index in [4.69, 9.17) is 0 Å². The molecule has 3 nitrogen and oxygen atoms in total. The van der Waals surface area contributed by atoms with Crippen LogP contribution in [-0.2, 0) is 4.79 Å². The minimum absolute atomic E-state index is 1.28. The van der Waals surface area contributed by atoms with Crippen molar-refractivity contribution in [3.05, 3.63) is 0 Å². The third-order valence-electron chi connectivity index (χ3n) is 5.66. The summed E-state index contributed by atoms with van der Waals surface area (Å²) in [4.78, 5) is 9.65. The van der Waals surface area contributed by atoms with Gasteiger partial charge in [-0.2, -0.15) is 74.6 Å². The van der Waals surface area contributed by atoms with Gasteiger partial charge in [-0.05, 0) is 27.7 Å². The number of alkyl halides is 17. The molecule has 37 heavy (non-hydrogen) atoms. The Balaban J connectivity index is 0. The van der Waals surface area contributed by atoms with Crippen molar-refractivity contribution >= 4 is 5.97 Å². The number of nitrogens with zero attached hydrogens (tertiary/aromatic N) is 1. The molecule has 0 aromatic rings. The molecule has 0 aromatic heterocycles. The number of carbonyl (C=O) groups excluding carboxylic acids is 1. The summed E-state index contributed by atoms with van der Waals surface area (Å²) in [6.45, 7) is 14.2. The zero-order valence-electron chi connectivity index (χ0n) is 19.0. The quantitative estimate of drug-likeness (QED) is 0.230. The van der Waals surface area contributed by atoms with Crippen molar-refractivity contribution < 1.29 is 89.0 Å². The Kier molecular flexibility index (Phi) is 10.9. The lowest BCUT2D eigenvalue weighted by Crippen LogP contribution is -2.75. The summed E-state index contributed by atoms with van der Waals surface area (Å²) < 4.78 is 215. The number of carbonyl (C=O) groups is 1. The highest BCUT2D eigenvalue weighted by Crippen LogP contribution is 2.63. The van der Waals surface area contributed by atoms with Crippen LogP contribution >= 0.6 is 0 Å². The summed E-state index contributed by atoms with van der Waals surface area (Å²) in [5, 5.41) is 9.65. The summed E-state index contributed by atoms with van der Waals surface area (Å²) in [6, 6.07) is 0. The Labute approximate surface area is 197 Å². The third-order valence-corrected chi connectivity index (χ3v) is 5.66. The Hall–Kier alpha value is -1.76. The minimum atomic E-state index is -8.79. The maximum Gasteiger partial charge on any atom is 0.460 e. The van der Waals surface area contributed by atoms with E-state index >= 15 is 0 Å². The molecule has 224 valence electrons. The van der Waals surface area contributed by atoms with Gasteiger partial charge in [0.2, 0.25) is 0 Å². The van der Waals surface area contributed by atoms with Crippen molar-refractivity contribution in [2.75, 3.05) is 26.2 Å². The Morgan fingerprint density at radius 2 is 0.703 bits per heavy atom. The second kappa shape index (κ2) is 10.8. The molecule has 0 saturated carbocycles. The Bertz CT molecular complexity index is 755. The molecule has 0 amide bonds. The fourth-order valence-electron chi connectivity index (χ4n) is 2.63. The van der Waals surface area contributed by atoms with Gasteiger partial charge in [0.1, 0.15) is 5.97 Å². The van der Waals surface area contributed by atoms with Crippen LogP contribution < -0.4 is 5.11 Å². The lowest BCUT2D eigenvalue weighted by molar-refractivity contribution is -0.921. The standard InChI is InChI=1S/C9HF17O2.C8H20N/c10-2(11,1(27)28)3(12,13)4(14,15)5(16,17)6(18,19)7(20,21)8(22,23)9(24,25)26;1-5-9(6-2,7-3)8-4/h(H,27,28);5-8H2,1-4H3/q;+1/p-1. The molecule has 0 heterocycles. The zero-order valence-corrected chi connectivity index (χ0v) is 19.0. The summed E-state index contributed by atoms with van der Waals surface area (Å²) >= 11 is 0. The van der Waals surface area contributed by atoms with Gasteiger partial charge in [0.15, 0.2) is 0 Å².